The summed E-state index contributed by atoms with van der Waals surface area (Å²) in [5.74, 6) is -0.501. The van der Waals surface area contributed by atoms with E-state index in [4.69, 9.17) is 9.84 Å². The summed E-state index contributed by atoms with van der Waals surface area (Å²) >= 11 is 0. The highest BCUT2D eigenvalue weighted by atomic mass is 35.5. The van der Waals surface area contributed by atoms with Gasteiger partial charge in [0.15, 0.2) is 6.10 Å². The fourth-order valence-corrected chi connectivity index (χ4v) is 2.11. The van der Waals surface area contributed by atoms with Crippen LogP contribution in [0.1, 0.15) is 12.8 Å². The summed E-state index contributed by atoms with van der Waals surface area (Å²) in [5, 5.41) is 14.1. The van der Waals surface area contributed by atoms with Crippen LogP contribution in [0.4, 0.5) is 13.2 Å². The number of aliphatic hydroxyl groups is 1. The van der Waals surface area contributed by atoms with Gasteiger partial charge in [-0.2, -0.15) is 13.2 Å². The largest absolute Gasteiger partial charge is 0.416 e. The number of hydrogen-bond donors (Lipinski definition) is 3. The molecule has 5 nitrogen and oxygen atoms in total. The summed E-state index contributed by atoms with van der Waals surface area (Å²) in [4.78, 5) is 12.0. The van der Waals surface area contributed by atoms with Crippen molar-refractivity contribution in [3.8, 4) is 0 Å². The van der Waals surface area contributed by atoms with Crippen molar-refractivity contribution in [3.63, 3.8) is 0 Å². The minimum atomic E-state index is -4.73. The van der Waals surface area contributed by atoms with Crippen molar-refractivity contribution in [1.82, 2.24) is 10.6 Å². The molecule has 1 aliphatic heterocycles. The zero-order valence-electron chi connectivity index (χ0n) is 11.1. The lowest BCUT2D eigenvalue weighted by Gasteiger charge is -2.35. The van der Waals surface area contributed by atoms with E-state index in [0.717, 1.165) is 0 Å². The Bertz CT molecular complexity index is 304. The highest BCUT2D eigenvalue weighted by Gasteiger charge is 2.42. The SMILES string of the molecule is COCC1(C(=O)NCC(O)C(F)(F)F)CCNCC1.Cl. The van der Waals surface area contributed by atoms with Crippen molar-refractivity contribution in [2.45, 2.75) is 25.1 Å². The van der Waals surface area contributed by atoms with Crippen LogP contribution in [0, 0.1) is 5.41 Å². The summed E-state index contributed by atoms with van der Waals surface area (Å²) in [6.45, 7) is 0.543. The number of aliphatic hydroxyl groups excluding tert-OH is 1. The minimum Gasteiger partial charge on any atom is -0.384 e. The van der Waals surface area contributed by atoms with E-state index in [1.165, 1.54) is 7.11 Å². The number of piperidine rings is 1. The van der Waals surface area contributed by atoms with Crippen LogP contribution in [0.3, 0.4) is 0 Å². The molecule has 0 aromatic rings. The molecule has 0 spiro atoms. The van der Waals surface area contributed by atoms with Crippen LogP contribution in [0.5, 0.6) is 0 Å². The summed E-state index contributed by atoms with van der Waals surface area (Å²) in [6.07, 6.45) is -6.28. The quantitative estimate of drug-likeness (QED) is 0.688. The summed E-state index contributed by atoms with van der Waals surface area (Å²) in [5.41, 5.74) is -0.814. The number of amides is 1. The maximum absolute atomic E-state index is 12.1. The monoisotopic (exact) mass is 320 g/mol. The van der Waals surface area contributed by atoms with E-state index in [-0.39, 0.29) is 19.0 Å². The van der Waals surface area contributed by atoms with Crippen LogP contribution in [0.2, 0.25) is 0 Å². The Hall–Kier alpha value is -0.570. The van der Waals surface area contributed by atoms with Gasteiger partial charge in [-0.15, -0.1) is 12.4 Å². The Morgan fingerprint density at radius 3 is 2.45 bits per heavy atom. The van der Waals surface area contributed by atoms with Gasteiger partial charge in [-0.1, -0.05) is 0 Å². The average Bonchev–Trinajstić information content (AvgIpc) is 2.35. The van der Waals surface area contributed by atoms with Crippen LogP contribution >= 0.6 is 12.4 Å². The second kappa shape index (κ2) is 8.02. The number of halogens is 4. The molecule has 0 aromatic heterocycles. The summed E-state index contributed by atoms with van der Waals surface area (Å²) in [7, 11) is 1.45. The van der Waals surface area contributed by atoms with E-state index in [9.17, 15) is 18.0 Å². The lowest BCUT2D eigenvalue weighted by Crippen LogP contribution is -2.52. The molecule has 9 heteroatoms. The van der Waals surface area contributed by atoms with E-state index >= 15 is 0 Å². The third-order valence-electron chi connectivity index (χ3n) is 3.30. The van der Waals surface area contributed by atoms with Crippen molar-refractivity contribution in [2.24, 2.45) is 5.41 Å². The van der Waals surface area contributed by atoms with Gasteiger partial charge in [0.05, 0.1) is 18.6 Å². The molecule has 1 aliphatic rings. The summed E-state index contributed by atoms with van der Waals surface area (Å²) < 4.78 is 41.5. The van der Waals surface area contributed by atoms with Crippen molar-refractivity contribution >= 4 is 18.3 Å². The molecule has 1 saturated heterocycles. The first-order valence-corrected chi connectivity index (χ1v) is 6.04. The van der Waals surface area contributed by atoms with Gasteiger partial charge in [-0.3, -0.25) is 4.79 Å². The first kappa shape index (κ1) is 19.4. The Morgan fingerprint density at radius 2 is 2.00 bits per heavy atom. The second-order valence-electron chi connectivity index (χ2n) is 4.73. The molecule has 0 saturated carbocycles. The number of alkyl halides is 3. The molecule has 1 atom stereocenters. The molecule has 1 fully saturated rings. The van der Waals surface area contributed by atoms with Gasteiger partial charge < -0.3 is 20.5 Å². The van der Waals surface area contributed by atoms with E-state index in [0.29, 0.717) is 25.9 Å². The number of hydrogen-bond acceptors (Lipinski definition) is 4. The lowest BCUT2D eigenvalue weighted by molar-refractivity contribution is -0.202. The number of nitrogens with one attached hydrogen (secondary N) is 2. The number of carbonyl (C=O) groups excluding carboxylic acids is 1. The Morgan fingerprint density at radius 1 is 1.45 bits per heavy atom. The van der Waals surface area contributed by atoms with Gasteiger partial charge in [-0.05, 0) is 25.9 Å². The van der Waals surface area contributed by atoms with E-state index in [1.54, 1.807) is 0 Å². The van der Waals surface area contributed by atoms with Crippen LogP contribution in [-0.2, 0) is 9.53 Å². The smallest absolute Gasteiger partial charge is 0.384 e. The van der Waals surface area contributed by atoms with Crippen LogP contribution in [0.15, 0.2) is 0 Å². The molecule has 0 aromatic carbocycles. The Labute approximate surface area is 121 Å². The average molecular weight is 321 g/mol. The topological polar surface area (TPSA) is 70.6 Å². The minimum absolute atomic E-state index is 0. The van der Waals surface area contributed by atoms with Crippen molar-refractivity contribution in [1.29, 1.82) is 0 Å². The standard InChI is InChI=1S/C11H19F3N2O3.ClH/c1-19-7-10(2-4-15-5-3-10)9(18)16-6-8(17)11(12,13)14;/h8,15,17H,2-7H2,1H3,(H,16,18);1H. The highest BCUT2D eigenvalue weighted by molar-refractivity contribution is 5.85. The molecule has 1 amide bonds. The van der Waals surface area contributed by atoms with Gasteiger partial charge in [0.25, 0.3) is 0 Å². The molecular formula is C11H20ClF3N2O3. The van der Waals surface area contributed by atoms with Gasteiger partial charge in [0, 0.05) is 7.11 Å². The van der Waals surface area contributed by atoms with Gasteiger partial charge in [-0.25, -0.2) is 0 Å². The molecule has 0 radical (unpaired) electrons. The number of ether oxygens (including phenoxy) is 1. The molecule has 3 N–H and O–H groups in total. The molecule has 0 bridgehead atoms. The highest BCUT2D eigenvalue weighted by Crippen LogP contribution is 2.29. The van der Waals surface area contributed by atoms with Gasteiger partial charge >= 0.3 is 6.18 Å². The van der Waals surface area contributed by atoms with Crippen molar-refractivity contribution < 1.29 is 27.8 Å². The third-order valence-corrected chi connectivity index (χ3v) is 3.30. The van der Waals surface area contributed by atoms with Crippen LogP contribution < -0.4 is 10.6 Å². The summed E-state index contributed by atoms with van der Waals surface area (Å²) in [6, 6.07) is 0. The molecular weight excluding hydrogens is 301 g/mol. The van der Waals surface area contributed by atoms with Crippen molar-refractivity contribution in [3.05, 3.63) is 0 Å². The molecule has 20 heavy (non-hydrogen) atoms. The van der Waals surface area contributed by atoms with E-state index in [2.05, 4.69) is 10.6 Å². The Balaban J connectivity index is 0.00000361. The molecule has 1 rings (SSSR count). The zero-order valence-corrected chi connectivity index (χ0v) is 11.9. The third kappa shape index (κ3) is 5.08. The number of carbonyl (C=O) groups is 1. The molecule has 0 aliphatic carbocycles. The lowest BCUT2D eigenvalue weighted by atomic mass is 9.78. The molecule has 120 valence electrons. The fourth-order valence-electron chi connectivity index (χ4n) is 2.11. The first-order valence-electron chi connectivity index (χ1n) is 6.04. The second-order valence-corrected chi connectivity index (χ2v) is 4.73. The number of rotatable bonds is 5. The van der Waals surface area contributed by atoms with Gasteiger partial charge in [0.1, 0.15) is 0 Å². The van der Waals surface area contributed by atoms with Gasteiger partial charge in [0.2, 0.25) is 5.91 Å². The number of methoxy groups -OCH3 is 1. The van der Waals surface area contributed by atoms with Crippen molar-refractivity contribution in [2.75, 3.05) is 33.4 Å². The van der Waals surface area contributed by atoms with E-state index in [1.807, 2.05) is 0 Å². The maximum Gasteiger partial charge on any atom is 0.416 e. The maximum atomic E-state index is 12.1. The van der Waals surface area contributed by atoms with Crippen LogP contribution in [-0.4, -0.2) is 56.6 Å². The molecule has 1 unspecified atom stereocenters. The predicted octanol–water partition coefficient (Wildman–Crippen LogP) is 0.464. The van der Waals surface area contributed by atoms with E-state index < -0.39 is 30.1 Å². The fraction of sp³-hybridized carbons (Fsp3) is 0.909. The normalized spacial score (nSPS) is 19.9. The predicted molar refractivity (Wildman–Crippen MR) is 68.7 cm³/mol. The first-order chi connectivity index (χ1) is 8.82. The Kier molecular flexibility index (Phi) is 7.79. The van der Waals surface area contributed by atoms with Crippen LogP contribution in [0.25, 0.3) is 0 Å². The zero-order chi connectivity index (χ0) is 14.5. The molecule has 1 heterocycles.